The molecule has 0 aliphatic carbocycles. The molecule has 110 valence electrons. The number of para-hydroxylation sites is 1. The summed E-state index contributed by atoms with van der Waals surface area (Å²) in [6.07, 6.45) is 0. The van der Waals surface area contributed by atoms with Crippen LogP contribution in [0.25, 0.3) is 0 Å². The van der Waals surface area contributed by atoms with Gasteiger partial charge in [0.2, 0.25) is 0 Å². The summed E-state index contributed by atoms with van der Waals surface area (Å²) in [5.41, 5.74) is 4.13. The van der Waals surface area contributed by atoms with E-state index in [1.54, 1.807) is 0 Å². The molecule has 0 bridgehead atoms. The van der Waals surface area contributed by atoms with Gasteiger partial charge in [0.05, 0.1) is 6.61 Å². The lowest BCUT2D eigenvalue weighted by atomic mass is 9.97. The summed E-state index contributed by atoms with van der Waals surface area (Å²) in [5.74, 6) is -0.255. The molecule has 0 aliphatic heterocycles. The number of anilines is 1. The molecule has 0 saturated carbocycles. The van der Waals surface area contributed by atoms with Crippen molar-refractivity contribution in [2.24, 2.45) is 0 Å². The third kappa shape index (κ3) is 3.63. The minimum Gasteiger partial charge on any atom is -0.464 e. The molecule has 0 aliphatic rings. The zero-order valence-electron chi connectivity index (χ0n) is 12.7. The molecule has 21 heavy (non-hydrogen) atoms. The predicted octanol–water partition coefficient (Wildman–Crippen LogP) is 4.02. The zero-order chi connectivity index (χ0) is 15.2. The zero-order valence-corrected chi connectivity index (χ0v) is 12.7. The van der Waals surface area contributed by atoms with Crippen molar-refractivity contribution in [2.75, 3.05) is 11.9 Å². The molecule has 0 radical (unpaired) electrons. The van der Waals surface area contributed by atoms with Crippen molar-refractivity contribution >= 4 is 11.7 Å². The highest BCUT2D eigenvalue weighted by Crippen LogP contribution is 2.25. The van der Waals surface area contributed by atoms with Gasteiger partial charge >= 0.3 is 5.97 Å². The quantitative estimate of drug-likeness (QED) is 0.842. The first kappa shape index (κ1) is 15.1. The standard InChI is InChI=1S/C18H21NO2/c1-4-21-18(20)17(19-15-10-6-5-7-11-15)16-12-8-9-13(2)14(16)3/h5-12,17,19H,4H2,1-3H3. The van der Waals surface area contributed by atoms with Crippen molar-refractivity contribution in [3.05, 3.63) is 65.2 Å². The van der Waals surface area contributed by atoms with Gasteiger partial charge < -0.3 is 10.1 Å². The maximum absolute atomic E-state index is 12.3. The molecule has 0 spiro atoms. The molecule has 2 aromatic rings. The monoisotopic (exact) mass is 283 g/mol. The first-order valence-electron chi connectivity index (χ1n) is 7.17. The maximum atomic E-state index is 12.3. The van der Waals surface area contributed by atoms with Crippen LogP contribution in [0.5, 0.6) is 0 Å². The highest BCUT2D eigenvalue weighted by molar-refractivity contribution is 5.81. The molecular weight excluding hydrogens is 262 g/mol. The molecule has 0 saturated heterocycles. The fourth-order valence-corrected chi connectivity index (χ4v) is 2.28. The van der Waals surface area contributed by atoms with E-state index in [9.17, 15) is 4.79 Å². The third-order valence-corrected chi connectivity index (χ3v) is 3.56. The van der Waals surface area contributed by atoms with E-state index in [4.69, 9.17) is 4.74 Å². The number of aryl methyl sites for hydroxylation is 1. The lowest BCUT2D eigenvalue weighted by Crippen LogP contribution is -2.24. The predicted molar refractivity (Wildman–Crippen MR) is 85.4 cm³/mol. The van der Waals surface area contributed by atoms with Crippen LogP contribution in [0.2, 0.25) is 0 Å². The largest absolute Gasteiger partial charge is 0.464 e. The Morgan fingerprint density at radius 2 is 1.81 bits per heavy atom. The summed E-state index contributed by atoms with van der Waals surface area (Å²) in [5, 5.41) is 3.27. The number of nitrogens with one attached hydrogen (secondary N) is 1. The third-order valence-electron chi connectivity index (χ3n) is 3.56. The highest BCUT2D eigenvalue weighted by Gasteiger charge is 2.23. The number of carbonyl (C=O) groups excluding carboxylic acids is 1. The van der Waals surface area contributed by atoms with Crippen LogP contribution in [0.15, 0.2) is 48.5 Å². The van der Waals surface area contributed by atoms with Gasteiger partial charge in [0.15, 0.2) is 6.04 Å². The number of hydrogen-bond acceptors (Lipinski definition) is 3. The van der Waals surface area contributed by atoms with E-state index in [0.717, 1.165) is 22.4 Å². The maximum Gasteiger partial charge on any atom is 0.333 e. The smallest absolute Gasteiger partial charge is 0.333 e. The second-order valence-corrected chi connectivity index (χ2v) is 4.98. The number of ether oxygens (including phenoxy) is 1. The lowest BCUT2D eigenvalue weighted by molar-refractivity contribution is -0.144. The molecule has 2 aromatic carbocycles. The summed E-state index contributed by atoms with van der Waals surface area (Å²) in [4.78, 5) is 12.3. The first-order chi connectivity index (χ1) is 10.1. The highest BCUT2D eigenvalue weighted by atomic mass is 16.5. The van der Waals surface area contributed by atoms with E-state index in [-0.39, 0.29) is 5.97 Å². The Kier molecular flexibility index (Phi) is 4.99. The summed E-state index contributed by atoms with van der Waals surface area (Å²) in [6.45, 7) is 6.27. The van der Waals surface area contributed by atoms with E-state index in [1.165, 1.54) is 0 Å². The van der Waals surface area contributed by atoms with E-state index >= 15 is 0 Å². The fraction of sp³-hybridized carbons (Fsp3) is 0.278. The van der Waals surface area contributed by atoms with Crippen molar-refractivity contribution < 1.29 is 9.53 Å². The van der Waals surface area contributed by atoms with Gasteiger partial charge in [0.1, 0.15) is 0 Å². The number of carbonyl (C=O) groups is 1. The Balaban J connectivity index is 2.36. The lowest BCUT2D eigenvalue weighted by Gasteiger charge is -2.21. The molecule has 0 amide bonds. The molecule has 0 heterocycles. The van der Waals surface area contributed by atoms with Crippen molar-refractivity contribution in [3.63, 3.8) is 0 Å². The topological polar surface area (TPSA) is 38.3 Å². The van der Waals surface area contributed by atoms with E-state index in [2.05, 4.69) is 5.32 Å². The summed E-state index contributed by atoms with van der Waals surface area (Å²) >= 11 is 0. The average Bonchev–Trinajstić information content (AvgIpc) is 2.49. The van der Waals surface area contributed by atoms with Crippen molar-refractivity contribution in [1.82, 2.24) is 0 Å². The minimum atomic E-state index is -0.493. The van der Waals surface area contributed by atoms with E-state index < -0.39 is 6.04 Å². The molecule has 0 fully saturated rings. The molecule has 1 unspecified atom stereocenters. The van der Waals surface area contributed by atoms with Crippen LogP contribution in [0.4, 0.5) is 5.69 Å². The average molecular weight is 283 g/mol. The van der Waals surface area contributed by atoms with Crippen LogP contribution in [0.3, 0.4) is 0 Å². The number of hydrogen-bond donors (Lipinski definition) is 1. The van der Waals surface area contributed by atoms with Gasteiger partial charge in [0.25, 0.3) is 0 Å². The van der Waals surface area contributed by atoms with Crippen LogP contribution in [-0.2, 0) is 9.53 Å². The van der Waals surface area contributed by atoms with Gasteiger partial charge in [-0.25, -0.2) is 4.79 Å². The van der Waals surface area contributed by atoms with Crippen LogP contribution < -0.4 is 5.32 Å². The molecule has 1 N–H and O–H groups in total. The van der Waals surface area contributed by atoms with Crippen molar-refractivity contribution in [2.45, 2.75) is 26.8 Å². The minimum absolute atomic E-state index is 0.255. The van der Waals surface area contributed by atoms with Gasteiger partial charge in [-0.15, -0.1) is 0 Å². The van der Waals surface area contributed by atoms with Gasteiger partial charge in [0, 0.05) is 5.69 Å². The first-order valence-corrected chi connectivity index (χ1v) is 7.17. The second-order valence-electron chi connectivity index (χ2n) is 4.98. The fourth-order valence-electron chi connectivity index (χ4n) is 2.28. The van der Waals surface area contributed by atoms with Gasteiger partial charge in [-0.05, 0) is 49.6 Å². The number of esters is 1. The van der Waals surface area contributed by atoms with Crippen LogP contribution >= 0.6 is 0 Å². The van der Waals surface area contributed by atoms with Crippen LogP contribution in [0.1, 0.15) is 29.7 Å². The second kappa shape index (κ2) is 6.93. The van der Waals surface area contributed by atoms with Gasteiger partial charge in [-0.1, -0.05) is 36.4 Å². The van der Waals surface area contributed by atoms with Crippen molar-refractivity contribution in [3.8, 4) is 0 Å². The number of rotatable bonds is 5. The molecule has 3 heteroatoms. The molecule has 0 aromatic heterocycles. The van der Waals surface area contributed by atoms with Crippen LogP contribution in [-0.4, -0.2) is 12.6 Å². The summed E-state index contributed by atoms with van der Waals surface area (Å²) < 4.78 is 5.22. The molecule has 1 atom stereocenters. The Bertz CT molecular complexity index is 608. The summed E-state index contributed by atoms with van der Waals surface area (Å²) in [7, 11) is 0. The normalized spacial score (nSPS) is 11.8. The Hall–Kier alpha value is -2.29. The Morgan fingerprint density at radius 1 is 1.10 bits per heavy atom. The summed E-state index contributed by atoms with van der Waals surface area (Å²) in [6, 6.07) is 15.2. The Morgan fingerprint density at radius 3 is 2.48 bits per heavy atom. The van der Waals surface area contributed by atoms with Crippen LogP contribution in [0, 0.1) is 13.8 Å². The van der Waals surface area contributed by atoms with E-state index in [0.29, 0.717) is 6.61 Å². The molecule has 2 rings (SSSR count). The molecule has 3 nitrogen and oxygen atoms in total. The van der Waals surface area contributed by atoms with Gasteiger partial charge in [-0.3, -0.25) is 0 Å². The van der Waals surface area contributed by atoms with Gasteiger partial charge in [-0.2, -0.15) is 0 Å². The van der Waals surface area contributed by atoms with E-state index in [1.807, 2.05) is 69.3 Å². The Labute approximate surface area is 126 Å². The van der Waals surface area contributed by atoms with Crippen molar-refractivity contribution in [1.29, 1.82) is 0 Å². The molecular formula is C18H21NO2. The SMILES string of the molecule is CCOC(=O)C(Nc1ccccc1)c1cccc(C)c1C. The number of benzene rings is 2.